The number of nitrogens with zero attached hydrogens (tertiary/aromatic N) is 1. The summed E-state index contributed by atoms with van der Waals surface area (Å²) in [5.74, 6) is -0.217. The molecule has 1 heterocycles. The Balaban J connectivity index is 2.70. The zero-order chi connectivity index (χ0) is 13.3. The molecule has 1 aromatic carbocycles. The molecule has 3 heteroatoms. The second kappa shape index (κ2) is 4.65. The van der Waals surface area contributed by atoms with Gasteiger partial charge in [0.25, 0.3) is 0 Å². The maximum atomic E-state index is 13.3. The molecule has 0 saturated heterocycles. The minimum atomic E-state index is -0.217. The van der Waals surface area contributed by atoms with Crippen LogP contribution in [0.5, 0.6) is 0 Å². The normalized spacial score (nSPS) is 12.1. The Hall–Kier alpha value is -1.48. The van der Waals surface area contributed by atoms with Gasteiger partial charge in [0.2, 0.25) is 0 Å². The van der Waals surface area contributed by atoms with Crippen LogP contribution in [0.15, 0.2) is 24.3 Å². The molecule has 0 saturated carbocycles. The maximum Gasteiger partial charge on any atom is 0.123 e. The first-order valence-corrected chi connectivity index (χ1v) is 6.16. The van der Waals surface area contributed by atoms with E-state index in [0.717, 1.165) is 22.2 Å². The Kier molecular flexibility index (Phi) is 3.35. The molecule has 1 aromatic heterocycles. The third-order valence-corrected chi connectivity index (χ3v) is 2.99. The fourth-order valence-corrected chi connectivity index (χ4v) is 1.99. The van der Waals surface area contributed by atoms with Crippen LogP contribution in [-0.2, 0) is 12.0 Å². The van der Waals surface area contributed by atoms with E-state index in [-0.39, 0.29) is 11.2 Å². The molecule has 0 aliphatic carbocycles. The van der Waals surface area contributed by atoms with Gasteiger partial charge in [-0.3, -0.25) is 4.98 Å². The van der Waals surface area contributed by atoms with Crippen LogP contribution >= 0.6 is 0 Å². The predicted octanol–water partition coefficient (Wildman–Crippen LogP) is 3.39. The van der Waals surface area contributed by atoms with Crippen LogP contribution in [0.3, 0.4) is 0 Å². The second-order valence-corrected chi connectivity index (χ2v) is 5.61. The van der Waals surface area contributed by atoms with E-state index in [1.54, 1.807) is 12.1 Å². The van der Waals surface area contributed by atoms with Crippen LogP contribution < -0.4 is 5.32 Å². The van der Waals surface area contributed by atoms with Crippen molar-refractivity contribution < 1.29 is 4.39 Å². The van der Waals surface area contributed by atoms with Crippen molar-refractivity contribution in [2.45, 2.75) is 32.7 Å². The van der Waals surface area contributed by atoms with Crippen molar-refractivity contribution in [1.29, 1.82) is 0 Å². The van der Waals surface area contributed by atoms with Crippen molar-refractivity contribution in [1.82, 2.24) is 10.3 Å². The Morgan fingerprint density at radius 3 is 2.56 bits per heavy atom. The third kappa shape index (κ3) is 2.51. The van der Waals surface area contributed by atoms with Crippen LogP contribution in [0, 0.1) is 5.82 Å². The molecule has 0 radical (unpaired) electrons. The lowest BCUT2D eigenvalue weighted by Crippen LogP contribution is -2.15. The molecule has 2 nitrogen and oxygen atoms in total. The summed E-state index contributed by atoms with van der Waals surface area (Å²) in [6.45, 7) is 7.11. The molecule has 96 valence electrons. The van der Waals surface area contributed by atoms with Gasteiger partial charge in [-0.1, -0.05) is 20.8 Å². The smallest absolute Gasteiger partial charge is 0.123 e. The number of aromatic nitrogens is 1. The van der Waals surface area contributed by atoms with Crippen LogP contribution in [0.1, 0.15) is 32.0 Å². The van der Waals surface area contributed by atoms with Crippen molar-refractivity contribution in [3.8, 4) is 0 Å². The standard InChI is InChI=1S/C15H19FN2/c1-15(2,3)14-7-10(9-17-4)12-8-11(16)5-6-13(12)18-14/h5-8,17H,9H2,1-4H3. The fraction of sp³-hybridized carbons (Fsp3) is 0.400. The molecule has 0 bridgehead atoms. The van der Waals surface area contributed by atoms with Gasteiger partial charge in [-0.15, -0.1) is 0 Å². The molecule has 1 N–H and O–H groups in total. The van der Waals surface area contributed by atoms with Crippen LogP contribution in [0.2, 0.25) is 0 Å². The van der Waals surface area contributed by atoms with Crippen molar-refractivity contribution in [2.24, 2.45) is 0 Å². The molecule has 18 heavy (non-hydrogen) atoms. The Morgan fingerprint density at radius 1 is 1.22 bits per heavy atom. The monoisotopic (exact) mass is 246 g/mol. The number of benzene rings is 1. The second-order valence-electron chi connectivity index (χ2n) is 5.61. The van der Waals surface area contributed by atoms with E-state index < -0.39 is 0 Å². The molecule has 0 amide bonds. The first kappa shape index (κ1) is 13.0. The average Bonchev–Trinajstić information content (AvgIpc) is 2.28. The number of halogens is 1. The summed E-state index contributed by atoms with van der Waals surface area (Å²) in [7, 11) is 1.89. The summed E-state index contributed by atoms with van der Waals surface area (Å²) < 4.78 is 13.3. The number of hydrogen-bond donors (Lipinski definition) is 1. The highest BCUT2D eigenvalue weighted by Crippen LogP contribution is 2.26. The molecule has 0 aliphatic rings. The largest absolute Gasteiger partial charge is 0.316 e. The zero-order valence-corrected chi connectivity index (χ0v) is 11.3. The van der Waals surface area contributed by atoms with E-state index in [4.69, 9.17) is 0 Å². The Morgan fingerprint density at radius 2 is 1.94 bits per heavy atom. The zero-order valence-electron chi connectivity index (χ0n) is 11.3. The van der Waals surface area contributed by atoms with Gasteiger partial charge < -0.3 is 5.32 Å². The molecule has 0 atom stereocenters. The molecule has 0 aliphatic heterocycles. The van der Waals surface area contributed by atoms with Crippen molar-refractivity contribution in [3.63, 3.8) is 0 Å². The molecule has 2 rings (SSSR count). The van der Waals surface area contributed by atoms with E-state index in [0.29, 0.717) is 6.54 Å². The summed E-state index contributed by atoms with van der Waals surface area (Å²) in [6, 6.07) is 6.84. The summed E-state index contributed by atoms with van der Waals surface area (Å²) in [5.41, 5.74) is 2.97. The highest BCUT2D eigenvalue weighted by Gasteiger charge is 2.17. The van der Waals surface area contributed by atoms with Gasteiger partial charge in [-0.25, -0.2) is 4.39 Å². The SMILES string of the molecule is CNCc1cc(C(C)(C)C)nc2ccc(F)cc12. The van der Waals surface area contributed by atoms with Gasteiger partial charge in [0.1, 0.15) is 5.82 Å². The molecular formula is C15H19FN2. The number of fused-ring (bicyclic) bond motifs is 1. The number of hydrogen-bond acceptors (Lipinski definition) is 2. The molecule has 0 fully saturated rings. The first-order valence-electron chi connectivity index (χ1n) is 6.16. The lowest BCUT2D eigenvalue weighted by molar-refractivity contribution is 0.570. The molecule has 0 spiro atoms. The lowest BCUT2D eigenvalue weighted by Gasteiger charge is -2.20. The first-order chi connectivity index (χ1) is 8.41. The number of pyridine rings is 1. The highest BCUT2D eigenvalue weighted by molar-refractivity contribution is 5.82. The quantitative estimate of drug-likeness (QED) is 0.878. The molecular weight excluding hydrogens is 227 g/mol. The van der Waals surface area contributed by atoms with Crippen LogP contribution in [-0.4, -0.2) is 12.0 Å². The molecule has 2 aromatic rings. The number of rotatable bonds is 2. The van der Waals surface area contributed by atoms with E-state index >= 15 is 0 Å². The van der Waals surface area contributed by atoms with E-state index in [1.807, 2.05) is 7.05 Å². The van der Waals surface area contributed by atoms with E-state index in [9.17, 15) is 4.39 Å². The minimum Gasteiger partial charge on any atom is -0.316 e. The topological polar surface area (TPSA) is 24.9 Å². The van der Waals surface area contributed by atoms with Gasteiger partial charge in [-0.05, 0) is 36.9 Å². The summed E-state index contributed by atoms with van der Waals surface area (Å²) in [6.07, 6.45) is 0. The van der Waals surface area contributed by atoms with Gasteiger partial charge in [-0.2, -0.15) is 0 Å². The van der Waals surface area contributed by atoms with Crippen LogP contribution in [0.4, 0.5) is 4.39 Å². The highest BCUT2D eigenvalue weighted by atomic mass is 19.1. The van der Waals surface area contributed by atoms with Crippen LogP contribution in [0.25, 0.3) is 10.9 Å². The fourth-order valence-electron chi connectivity index (χ4n) is 1.99. The summed E-state index contributed by atoms with van der Waals surface area (Å²) >= 11 is 0. The lowest BCUT2D eigenvalue weighted by atomic mass is 9.90. The maximum absolute atomic E-state index is 13.3. The Bertz CT molecular complexity index is 570. The summed E-state index contributed by atoms with van der Waals surface area (Å²) in [5, 5.41) is 4.01. The summed E-state index contributed by atoms with van der Waals surface area (Å²) in [4.78, 5) is 4.64. The minimum absolute atomic E-state index is 0.00886. The predicted molar refractivity (Wildman–Crippen MR) is 73.2 cm³/mol. The molecule has 0 unspecified atom stereocenters. The van der Waals surface area contributed by atoms with Gasteiger partial charge >= 0.3 is 0 Å². The van der Waals surface area contributed by atoms with E-state index in [1.165, 1.54) is 6.07 Å². The van der Waals surface area contributed by atoms with Gasteiger partial charge in [0.05, 0.1) is 5.52 Å². The Labute approximate surface area is 107 Å². The van der Waals surface area contributed by atoms with E-state index in [2.05, 4.69) is 37.1 Å². The van der Waals surface area contributed by atoms with Crippen molar-refractivity contribution in [2.75, 3.05) is 7.05 Å². The van der Waals surface area contributed by atoms with Gasteiger partial charge in [0, 0.05) is 23.0 Å². The average molecular weight is 246 g/mol. The van der Waals surface area contributed by atoms with Crippen molar-refractivity contribution in [3.05, 3.63) is 41.3 Å². The number of nitrogens with one attached hydrogen (secondary N) is 1. The van der Waals surface area contributed by atoms with Crippen molar-refractivity contribution >= 4 is 10.9 Å². The third-order valence-electron chi connectivity index (χ3n) is 2.99. The van der Waals surface area contributed by atoms with Gasteiger partial charge in [0.15, 0.2) is 0 Å².